The molecule has 0 unspecified atom stereocenters. The Kier molecular flexibility index (Phi) is 5.97. The summed E-state index contributed by atoms with van der Waals surface area (Å²) in [5.74, 6) is 0. The summed E-state index contributed by atoms with van der Waals surface area (Å²) in [7, 11) is -2.69. The van der Waals surface area contributed by atoms with Gasteiger partial charge < -0.3 is 0 Å². The molecule has 2 aliphatic carbocycles. The van der Waals surface area contributed by atoms with E-state index in [0.717, 1.165) is 25.7 Å². The molecule has 2 amide bonds. The number of rotatable bonds is 3. The average Bonchev–Trinajstić information content (AvgIpc) is 2.46. The third kappa shape index (κ3) is 4.56. The third-order valence-corrected chi connectivity index (χ3v) is 4.63. The number of hydrogen-bond acceptors (Lipinski definition) is 4. The minimum absolute atomic E-state index is 0.325. The lowest BCUT2D eigenvalue weighted by molar-refractivity contribution is 0.0438. The van der Waals surface area contributed by atoms with Crippen LogP contribution in [0.3, 0.4) is 0 Å². The van der Waals surface area contributed by atoms with Crippen molar-refractivity contribution in [3.05, 3.63) is 0 Å². The molecule has 20 heavy (non-hydrogen) atoms. The Balaban J connectivity index is 2.05. The van der Waals surface area contributed by atoms with Gasteiger partial charge in [0.15, 0.2) is 0 Å². The summed E-state index contributed by atoms with van der Waals surface area (Å²) in [5.41, 5.74) is 2.72. The molecule has 0 radical (unpaired) electrons. The number of carbonyl (C=O) groups is 1. The van der Waals surface area contributed by atoms with Gasteiger partial charge in [-0.2, -0.15) is 8.42 Å². The lowest BCUT2D eigenvalue weighted by Crippen LogP contribution is -2.54. The number of hydrogen-bond donors (Lipinski definition) is 1. The van der Waals surface area contributed by atoms with E-state index in [2.05, 4.69) is 9.79 Å². The molecule has 0 aliphatic heterocycles. The first-order valence-electron chi connectivity index (χ1n) is 7.57. The van der Waals surface area contributed by atoms with Gasteiger partial charge >= 0.3 is 16.5 Å². The van der Waals surface area contributed by atoms with E-state index in [1.54, 1.807) is 0 Å². The van der Waals surface area contributed by atoms with Crippen molar-refractivity contribution in [2.45, 2.75) is 76.3 Å². The van der Waals surface area contributed by atoms with Crippen LogP contribution in [-0.2, 0) is 10.5 Å². The van der Waals surface area contributed by atoms with Crippen LogP contribution in [0.2, 0.25) is 0 Å². The van der Waals surface area contributed by atoms with Crippen LogP contribution >= 0.6 is 0 Å². The van der Waals surface area contributed by atoms with Crippen LogP contribution in [0.4, 0.5) is 4.79 Å². The summed E-state index contributed by atoms with van der Waals surface area (Å²) in [6, 6.07) is -0.119. The molecule has 2 saturated carbocycles. The molecule has 6 nitrogen and oxygen atoms in total. The van der Waals surface area contributed by atoms with Crippen molar-refractivity contribution in [2.24, 2.45) is 4.36 Å². The minimum Gasteiger partial charge on any atom is -0.267 e. The Labute approximate surface area is 121 Å². The smallest absolute Gasteiger partial charge is 0.267 e. The maximum atomic E-state index is 11.6. The first-order chi connectivity index (χ1) is 9.66. The van der Waals surface area contributed by atoms with Gasteiger partial charge in [0, 0.05) is 12.1 Å². The number of amides is 2. The normalized spacial score (nSPS) is 21.6. The maximum Gasteiger partial charge on any atom is 0.370 e. The number of urea groups is 1. The van der Waals surface area contributed by atoms with Crippen LogP contribution in [0.15, 0.2) is 4.36 Å². The van der Waals surface area contributed by atoms with E-state index >= 15 is 0 Å². The summed E-state index contributed by atoms with van der Waals surface area (Å²) in [5, 5.41) is 2.01. The Bertz CT molecular complexity index is 425. The van der Waals surface area contributed by atoms with Gasteiger partial charge in [-0.3, -0.25) is 5.43 Å². The van der Waals surface area contributed by atoms with Crippen LogP contribution in [0, 0.1) is 0 Å². The second-order valence-corrected chi connectivity index (χ2v) is 6.33. The Hall–Kier alpha value is -0.950. The molecule has 0 aromatic carbocycles. The Morgan fingerprint density at radius 2 is 1.35 bits per heavy atom. The van der Waals surface area contributed by atoms with Crippen molar-refractivity contribution >= 4 is 16.5 Å². The van der Waals surface area contributed by atoms with E-state index in [0.29, 0.717) is 12.1 Å². The van der Waals surface area contributed by atoms with Crippen LogP contribution < -0.4 is 5.43 Å². The standard InChI is InChI=1S/C13H23N3O3S/c17-13(15-20(18)19)14-16(11-7-3-1-4-8-11)12-9-5-2-6-10-12/h11-12H,1-10H2,(H,14,17). The van der Waals surface area contributed by atoms with Gasteiger partial charge in [0.25, 0.3) is 0 Å². The topological polar surface area (TPSA) is 78.8 Å². The largest absolute Gasteiger partial charge is 0.370 e. The minimum atomic E-state index is -2.69. The third-order valence-electron chi connectivity index (χ3n) is 4.32. The number of carbonyl (C=O) groups excluding carboxylic acids is 1. The van der Waals surface area contributed by atoms with Crippen LogP contribution in [0.1, 0.15) is 64.2 Å². The van der Waals surface area contributed by atoms with Gasteiger partial charge in [-0.25, -0.2) is 9.80 Å². The monoisotopic (exact) mass is 301 g/mol. The molecule has 114 valence electrons. The van der Waals surface area contributed by atoms with Crippen molar-refractivity contribution in [1.29, 1.82) is 0 Å². The molecular formula is C13H23N3O3S. The van der Waals surface area contributed by atoms with E-state index in [9.17, 15) is 13.2 Å². The van der Waals surface area contributed by atoms with E-state index in [1.165, 1.54) is 38.5 Å². The lowest BCUT2D eigenvalue weighted by Gasteiger charge is -2.40. The van der Waals surface area contributed by atoms with Crippen LogP contribution in [0.25, 0.3) is 0 Å². The molecule has 2 aliphatic rings. The Morgan fingerprint density at radius 3 is 1.75 bits per heavy atom. The van der Waals surface area contributed by atoms with Crippen LogP contribution in [-0.4, -0.2) is 31.5 Å². The lowest BCUT2D eigenvalue weighted by atomic mass is 9.90. The molecule has 0 heterocycles. The second-order valence-electron chi connectivity index (χ2n) is 5.72. The summed E-state index contributed by atoms with van der Waals surface area (Å²) < 4.78 is 24.0. The number of hydrazine groups is 1. The van der Waals surface area contributed by atoms with Crippen molar-refractivity contribution in [2.75, 3.05) is 0 Å². The summed E-state index contributed by atoms with van der Waals surface area (Å²) in [6.07, 6.45) is 11.5. The van der Waals surface area contributed by atoms with Gasteiger partial charge in [0.1, 0.15) is 0 Å². The fourth-order valence-electron chi connectivity index (χ4n) is 3.40. The van der Waals surface area contributed by atoms with E-state index < -0.39 is 16.5 Å². The highest BCUT2D eigenvalue weighted by molar-refractivity contribution is 7.62. The van der Waals surface area contributed by atoms with Gasteiger partial charge in [-0.05, 0) is 25.7 Å². The van der Waals surface area contributed by atoms with Gasteiger partial charge in [-0.15, -0.1) is 0 Å². The SMILES string of the molecule is O=C(N=S(=O)=O)NN(C1CCCCC1)C1CCCCC1. The van der Waals surface area contributed by atoms with Crippen molar-refractivity contribution in [1.82, 2.24) is 10.4 Å². The van der Waals surface area contributed by atoms with E-state index in [-0.39, 0.29) is 0 Å². The highest BCUT2D eigenvalue weighted by atomic mass is 32.2. The van der Waals surface area contributed by atoms with Crippen molar-refractivity contribution in [3.8, 4) is 0 Å². The summed E-state index contributed by atoms with van der Waals surface area (Å²) >= 11 is 0. The fourth-order valence-corrected chi connectivity index (χ4v) is 3.57. The molecule has 0 aromatic heterocycles. The number of nitrogens with zero attached hydrogens (tertiary/aromatic N) is 2. The predicted octanol–water partition coefficient (Wildman–Crippen LogP) is 2.64. The zero-order valence-electron chi connectivity index (χ0n) is 11.8. The first kappa shape index (κ1) is 15.4. The average molecular weight is 301 g/mol. The molecule has 0 saturated heterocycles. The summed E-state index contributed by atoms with van der Waals surface area (Å²) in [6.45, 7) is 0. The van der Waals surface area contributed by atoms with E-state index in [1.807, 2.05) is 5.01 Å². The maximum absolute atomic E-state index is 11.6. The van der Waals surface area contributed by atoms with Gasteiger partial charge in [0.2, 0.25) is 0 Å². The molecule has 1 N–H and O–H groups in total. The van der Waals surface area contributed by atoms with Gasteiger partial charge in [-0.1, -0.05) is 42.9 Å². The highest BCUT2D eigenvalue weighted by Gasteiger charge is 2.30. The molecule has 0 aromatic rings. The molecule has 0 atom stereocenters. The van der Waals surface area contributed by atoms with Gasteiger partial charge in [0.05, 0.1) is 0 Å². The van der Waals surface area contributed by atoms with Crippen molar-refractivity contribution in [3.63, 3.8) is 0 Å². The molecule has 7 heteroatoms. The summed E-state index contributed by atoms with van der Waals surface area (Å²) in [4.78, 5) is 11.6. The van der Waals surface area contributed by atoms with Crippen molar-refractivity contribution < 1.29 is 13.2 Å². The Morgan fingerprint density at radius 1 is 0.900 bits per heavy atom. The fraction of sp³-hybridized carbons (Fsp3) is 0.923. The molecule has 2 rings (SSSR count). The molecule has 2 fully saturated rings. The van der Waals surface area contributed by atoms with E-state index in [4.69, 9.17) is 0 Å². The predicted molar refractivity (Wildman–Crippen MR) is 75.5 cm³/mol. The molecule has 0 spiro atoms. The highest BCUT2D eigenvalue weighted by Crippen LogP contribution is 2.28. The number of nitrogens with one attached hydrogen (secondary N) is 1. The molecule has 0 bridgehead atoms. The molecular weight excluding hydrogens is 278 g/mol. The zero-order chi connectivity index (χ0) is 14.4. The van der Waals surface area contributed by atoms with Crippen LogP contribution in [0.5, 0.6) is 0 Å². The zero-order valence-corrected chi connectivity index (χ0v) is 12.6. The second kappa shape index (κ2) is 7.73. The quantitative estimate of drug-likeness (QED) is 0.813. The first-order valence-corrected chi connectivity index (χ1v) is 8.60.